The van der Waals surface area contributed by atoms with Gasteiger partial charge in [-0.15, -0.1) is 31.2 Å². The third kappa shape index (κ3) is 9.94. The fraction of sp³-hybridized carbons (Fsp3) is 0.467. The van der Waals surface area contributed by atoms with Crippen LogP contribution in [0.4, 0.5) is 0 Å². The molecular weight excluding hydrogens is 295 g/mol. The summed E-state index contributed by atoms with van der Waals surface area (Å²) in [6.45, 7) is 3.31. The molecule has 1 N–H and O–H groups in total. The molecule has 0 saturated carbocycles. The van der Waals surface area contributed by atoms with Crippen LogP contribution in [0, 0.1) is 12.3 Å². The first-order valence-electron chi connectivity index (χ1n) is 6.23. The monoisotopic (exact) mass is 318 g/mol. The Bertz CT molecular complexity index is 392. The third-order valence-electron chi connectivity index (χ3n) is 2.51. The maximum atomic E-state index is 5.38. The van der Waals surface area contributed by atoms with Gasteiger partial charge in [0.25, 0.3) is 0 Å². The summed E-state index contributed by atoms with van der Waals surface area (Å²) in [6.07, 6.45) is 6.31. The Hall–Kier alpha value is -0.920. The number of benzene rings is 1. The SMILES string of the molecule is C#CCOc1cccc(CNCCCN(C)C)c1.Cl.Cl. The van der Waals surface area contributed by atoms with E-state index in [1.165, 1.54) is 5.56 Å². The lowest BCUT2D eigenvalue weighted by Crippen LogP contribution is -2.20. The summed E-state index contributed by atoms with van der Waals surface area (Å²) in [7, 11) is 4.18. The molecule has 0 bridgehead atoms. The lowest BCUT2D eigenvalue weighted by Gasteiger charge is -2.10. The molecule has 114 valence electrons. The third-order valence-corrected chi connectivity index (χ3v) is 2.51. The fourth-order valence-electron chi connectivity index (χ4n) is 1.62. The van der Waals surface area contributed by atoms with Gasteiger partial charge in [0.05, 0.1) is 0 Å². The first kappa shape index (κ1) is 21.4. The number of hydrogen-bond donors (Lipinski definition) is 1. The second-order valence-electron chi connectivity index (χ2n) is 4.47. The highest BCUT2D eigenvalue weighted by atomic mass is 35.5. The van der Waals surface area contributed by atoms with Crippen molar-refractivity contribution >= 4 is 24.8 Å². The minimum absolute atomic E-state index is 0. The van der Waals surface area contributed by atoms with Crippen LogP contribution in [0.15, 0.2) is 24.3 Å². The zero-order chi connectivity index (χ0) is 13.2. The van der Waals surface area contributed by atoms with Crippen LogP contribution in [0.5, 0.6) is 5.75 Å². The van der Waals surface area contributed by atoms with E-state index in [4.69, 9.17) is 11.2 Å². The zero-order valence-corrected chi connectivity index (χ0v) is 13.7. The molecule has 0 saturated heterocycles. The molecule has 20 heavy (non-hydrogen) atoms. The van der Waals surface area contributed by atoms with E-state index in [2.05, 4.69) is 36.3 Å². The van der Waals surface area contributed by atoms with Gasteiger partial charge in [0.2, 0.25) is 0 Å². The molecule has 0 aliphatic carbocycles. The molecule has 1 rings (SSSR count). The predicted molar refractivity (Wildman–Crippen MR) is 90.1 cm³/mol. The molecule has 0 aliphatic rings. The number of terminal acetylenes is 1. The molecule has 5 heteroatoms. The van der Waals surface area contributed by atoms with Gasteiger partial charge in [-0.05, 0) is 51.3 Å². The van der Waals surface area contributed by atoms with Crippen molar-refractivity contribution in [3.8, 4) is 18.1 Å². The number of nitrogens with zero attached hydrogens (tertiary/aromatic N) is 1. The average Bonchev–Trinajstić information content (AvgIpc) is 2.36. The van der Waals surface area contributed by atoms with Gasteiger partial charge in [0, 0.05) is 6.54 Å². The summed E-state index contributed by atoms with van der Waals surface area (Å²) in [5, 5.41) is 3.42. The minimum Gasteiger partial charge on any atom is -0.481 e. The molecule has 0 fully saturated rings. The number of halogens is 2. The molecule has 0 aromatic heterocycles. The van der Waals surface area contributed by atoms with Gasteiger partial charge in [-0.1, -0.05) is 18.1 Å². The molecule has 1 aromatic rings. The van der Waals surface area contributed by atoms with Crippen LogP contribution < -0.4 is 10.1 Å². The Morgan fingerprint density at radius 2 is 2.05 bits per heavy atom. The highest BCUT2D eigenvalue weighted by molar-refractivity contribution is 5.85. The summed E-state index contributed by atoms with van der Waals surface area (Å²) in [5.74, 6) is 3.30. The van der Waals surface area contributed by atoms with Gasteiger partial charge in [-0.2, -0.15) is 0 Å². The van der Waals surface area contributed by atoms with Crippen molar-refractivity contribution in [1.82, 2.24) is 10.2 Å². The summed E-state index contributed by atoms with van der Waals surface area (Å²) < 4.78 is 5.38. The Morgan fingerprint density at radius 1 is 1.30 bits per heavy atom. The highest BCUT2D eigenvalue weighted by Gasteiger charge is 1.97. The quantitative estimate of drug-likeness (QED) is 0.589. The van der Waals surface area contributed by atoms with E-state index < -0.39 is 0 Å². The smallest absolute Gasteiger partial charge is 0.148 e. The van der Waals surface area contributed by atoms with Crippen LogP contribution in [0.1, 0.15) is 12.0 Å². The molecule has 1 aromatic carbocycles. The molecule has 0 radical (unpaired) electrons. The normalized spacial score (nSPS) is 9.30. The van der Waals surface area contributed by atoms with Crippen molar-refractivity contribution in [1.29, 1.82) is 0 Å². The lowest BCUT2D eigenvalue weighted by atomic mass is 10.2. The van der Waals surface area contributed by atoms with E-state index in [9.17, 15) is 0 Å². The summed E-state index contributed by atoms with van der Waals surface area (Å²) in [5.41, 5.74) is 1.22. The number of ether oxygens (including phenoxy) is 1. The molecule has 0 atom stereocenters. The predicted octanol–water partition coefficient (Wildman–Crippen LogP) is 2.58. The molecule has 0 unspecified atom stereocenters. The number of hydrogen-bond acceptors (Lipinski definition) is 3. The van der Waals surface area contributed by atoms with Gasteiger partial charge in [-0.25, -0.2) is 0 Å². The van der Waals surface area contributed by atoms with Gasteiger partial charge in [0.15, 0.2) is 0 Å². The van der Waals surface area contributed by atoms with Crippen molar-refractivity contribution in [2.24, 2.45) is 0 Å². The Morgan fingerprint density at radius 3 is 2.70 bits per heavy atom. The maximum absolute atomic E-state index is 5.38. The van der Waals surface area contributed by atoms with E-state index in [-0.39, 0.29) is 24.8 Å². The van der Waals surface area contributed by atoms with Crippen LogP contribution in [-0.4, -0.2) is 38.7 Å². The highest BCUT2D eigenvalue weighted by Crippen LogP contribution is 2.12. The van der Waals surface area contributed by atoms with E-state index in [0.29, 0.717) is 6.61 Å². The van der Waals surface area contributed by atoms with Crippen molar-refractivity contribution in [3.63, 3.8) is 0 Å². The summed E-state index contributed by atoms with van der Waals surface area (Å²) in [6, 6.07) is 8.02. The first-order valence-corrected chi connectivity index (χ1v) is 6.23. The van der Waals surface area contributed by atoms with Crippen molar-refractivity contribution in [2.45, 2.75) is 13.0 Å². The number of rotatable bonds is 8. The molecule has 0 amide bonds. The van der Waals surface area contributed by atoms with Crippen LogP contribution in [0.25, 0.3) is 0 Å². The van der Waals surface area contributed by atoms with Gasteiger partial charge in [0.1, 0.15) is 12.4 Å². The topological polar surface area (TPSA) is 24.5 Å². The van der Waals surface area contributed by atoms with Gasteiger partial charge >= 0.3 is 0 Å². The van der Waals surface area contributed by atoms with E-state index >= 15 is 0 Å². The second-order valence-corrected chi connectivity index (χ2v) is 4.47. The van der Waals surface area contributed by atoms with Crippen molar-refractivity contribution in [3.05, 3.63) is 29.8 Å². The van der Waals surface area contributed by atoms with E-state index in [0.717, 1.165) is 31.8 Å². The lowest BCUT2D eigenvalue weighted by molar-refractivity contribution is 0.369. The van der Waals surface area contributed by atoms with Crippen LogP contribution >= 0.6 is 24.8 Å². The van der Waals surface area contributed by atoms with Crippen LogP contribution in [0.2, 0.25) is 0 Å². The fourth-order valence-corrected chi connectivity index (χ4v) is 1.62. The van der Waals surface area contributed by atoms with E-state index in [1.807, 2.05) is 18.2 Å². The molecule has 3 nitrogen and oxygen atoms in total. The summed E-state index contributed by atoms with van der Waals surface area (Å²) in [4.78, 5) is 2.19. The maximum Gasteiger partial charge on any atom is 0.148 e. The van der Waals surface area contributed by atoms with Crippen molar-refractivity contribution in [2.75, 3.05) is 33.8 Å². The van der Waals surface area contributed by atoms with Crippen molar-refractivity contribution < 1.29 is 4.74 Å². The van der Waals surface area contributed by atoms with Gasteiger partial charge < -0.3 is 15.0 Å². The molecular formula is C15H24Cl2N2O. The molecule has 0 heterocycles. The zero-order valence-electron chi connectivity index (χ0n) is 12.1. The number of nitrogens with one attached hydrogen (secondary N) is 1. The second kappa shape index (κ2) is 13.1. The van der Waals surface area contributed by atoms with Crippen LogP contribution in [0.3, 0.4) is 0 Å². The Kier molecular flexibility index (Phi) is 14.0. The molecule has 0 aliphatic heterocycles. The Labute approximate surface area is 134 Å². The Balaban J connectivity index is 0. The van der Waals surface area contributed by atoms with Gasteiger partial charge in [-0.3, -0.25) is 0 Å². The van der Waals surface area contributed by atoms with Crippen LogP contribution in [-0.2, 0) is 6.54 Å². The largest absolute Gasteiger partial charge is 0.481 e. The molecule has 0 spiro atoms. The summed E-state index contributed by atoms with van der Waals surface area (Å²) >= 11 is 0. The van der Waals surface area contributed by atoms with E-state index in [1.54, 1.807) is 0 Å². The standard InChI is InChI=1S/C15H22N2O.2ClH/c1-4-11-18-15-8-5-7-14(12-15)13-16-9-6-10-17(2)3;;/h1,5,7-8,12,16H,6,9-11,13H2,2-3H3;2*1H. The minimum atomic E-state index is 0. The average molecular weight is 319 g/mol. The first-order chi connectivity index (χ1) is 8.72.